The molecule has 0 unspecified atom stereocenters. The van der Waals surface area contributed by atoms with Crippen molar-refractivity contribution < 1.29 is 0 Å². The zero-order chi connectivity index (χ0) is 8.97. The van der Waals surface area contributed by atoms with Crippen molar-refractivity contribution in [3.05, 3.63) is 5.56 Å². The lowest BCUT2D eigenvalue weighted by atomic mass is 10.4. The highest BCUT2D eigenvalue weighted by Gasteiger charge is 2.12. The van der Waals surface area contributed by atoms with Crippen molar-refractivity contribution in [1.29, 1.82) is 10.5 Å². The molecule has 0 amide bonds. The zero-order valence-corrected chi connectivity index (χ0v) is 8.52. The molecule has 1 aromatic rings. The van der Waals surface area contributed by atoms with Crippen LogP contribution in [0, 0.1) is 22.0 Å². The first-order valence-corrected chi connectivity index (χ1v) is 5.64. The van der Waals surface area contributed by atoms with Crippen LogP contribution in [0.2, 0.25) is 0 Å². The van der Waals surface area contributed by atoms with Gasteiger partial charge in [-0.15, -0.1) is 11.8 Å². The van der Waals surface area contributed by atoms with Crippen LogP contribution in [0.5, 0.6) is 0 Å². The van der Waals surface area contributed by atoms with Crippen LogP contribution < -0.4 is 0 Å². The molecule has 0 aliphatic rings. The van der Waals surface area contributed by atoms with Crippen LogP contribution >= 0.6 is 35.1 Å². The van der Waals surface area contributed by atoms with Gasteiger partial charge < -0.3 is 0 Å². The van der Waals surface area contributed by atoms with E-state index in [0.29, 0.717) is 14.8 Å². The number of rotatable bonds is 2. The second-order valence-corrected chi connectivity index (χ2v) is 4.28. The quantitative estimate of drug-likeness (QED) is 0.557. The molecule has 1 heterocycles. The van der Waals surface area contributed by atoms with E-state index in [-0.39, 0.29) is 0 Å². The largest absolute Gasteiger partial charge is 0.192 e. The van der Waals surface area contributed by atoms with Crippen molar-refractivity contribution in [3.63, 3.8) is 0 Å². The minimum Gasteiger partial charge on any atom is -0.192 e. The molecular weight excluding hydrogens is 210 g/mol. The average Bonchev–Trinajstić information content (AvgIpc) is 2.47. The van der Waals surface area contributed by atoms with Gasteiger partial charge in [0.15, 0.2) is 0 Å². The number of nitrogens with zero attached hydrogens (tertiary/aromatic N) is 3. The molecular formula is C6H3N3S3. The third-order valence-electron chi connectivity index (χ3n) is 1.07. The highest BCUT2D eigenvalue weighted by atomic mass is 32.2. The van der Waals surface area contributed by atoms with E-state index in [4.69, 9.17) is 10.5 Å². The highest BCUT2D eigenvalue weighted by Crippen LogP contribution is 2.32. The number of thiocyanates is 1. The molecule has 6 heteroatoms. The maximum absolute atomic E-state index is 8.73. The topological polar surface area (TPSA) is 60.5 Å². The summed E-state index contributed by atoms with van der Waals surface area (Å²) in [5, 5.41) is 19.8. The lowest BCUT2D eigenvalue weighted by Crippen LogP contribution is -1.74. The first kappa shape index (κ1) is 9.40. The van der Waals surface area contributed by atoms with Gasteiger partial charge in [-0.1, -0.05) is 0 Å². The van der Waals surface area contributed by atoms with E-state index in [1.807, 2.05) is 17.7 Å². The third-order valence-corrected chi connectivity index (χ3v) is 3.47. The zero-order valence-electron chi connectivity index (χ0n) is 6.07. The van der Waals surface area contributed by atoms with E-state index >= 15 is 0 Å². The third kappa shape index (κ3) is 1.72. The van der Waals surface area contributed by atoms with Crippen LogP contribution in [0.4, 0.5) is 0 Å². The molecule has 0 atom stereocenters. The first-order valence-electron chi connectivity index (χ1n) is 2.83. The van der Waals surface area contributed by atoms with Gasteiger partial charge in [-0.25, -0.2) is 0 Å². The van der Waals surface area contributed by atoms with E-state index in [1.54, 1.807) is 0 Å². The van der Waals surface area contributed by atoms with Crippen molar-refractivity contribution in [2.75, 3.05) is 6.26 Å². The van der Waals surface area contributed by atoms with Gasteiger partial charge in [-0.2, -0.15) is 14.9 Å². The summed E-state index contributed by atoms with van der Waals surface area (Å²) in [7, 11) is 0. The molecule has 12 heavy (non-hydrogen) atoms. The van der Waals surface area contributed by atoms with E-state index in [0.717, 1.165) is 11.8 Å². The maximum Gasteiger partial charge on any atom is 0.139 e. The lowest BCUT2D eigenvalue weighted by Gasteiger charge is -1.87. The number of nitriles is 2. The monoisotopic (exact) mass is 213 g/mol. The number of hydrogen-bond acceptors (Lipinski definition) is 6. The van der Waals surface area contributed by atoms with Gasteiger partial charge in [-0.3, -0.25) is 0 Å². The predicted octanol–water partition coefficient (Wildman–Crippen LogP) is 2.31. The van der Waals surface area contributed by atoms with Crippen molar-refractivity contribution in [3.8, 4) is 11.5 Å². The van der Waals surface area contributed by atoms with Crippen LogP contribution in [0.25, 0.3) is 0 Å². The average molecular weight is 213 g/mol. The van der Waals surface area contributed by atoms with Crippen molar-refractivity contribution >= 4 is 35.1 Å². The summed E-state index contributed by atoms with van der Waals surface area (Å²) < 4.78 is 4.72. The summed E-state index contributed by atoms with van der Waals surface area (Å²) in [6, 6.07) is 2.04. The first-order chi connectivity index (χ1) is 5.83. The molecule has 0 bridgehead atoms. The molecule has 1 aromatic heterocycles. The summed E-state index contributed by atoms with van der Waals surface area (Å²) >= 11 is 3.61. The van der Waals surface area contributed by atoms with E-state index < -0.39 is 0 Å². The summed E-state index contributed by atoms with van der Waals surface area (Å²) in [4.78, 5) is 0. The fraction of sp³-hybridized carbons (Fsp3) is 0.167. The van der Waals surface area contributed by atoms with Gasteiger partial charge in [0.05, 0.1) is 0 Å². The SMILES string of the molecule is CSc1nsc(SC#N)c1C#N. The minimum absolute atomic E-state index is 0.527. The van der Waals surface area contributed by atoms with E-state index in [1.165, 1.54) is 23.3 Å². The summed E-state index contributed by atoms with van der Waals surface area (Å²) in [6.45, 7) is 0. The van der Waals surface area contributed by atoms with E-state index in [2.05, 4.69) is 4.37 Å². The molecule has 0 aliphatic heterocycles. The Morgan fingerprint density at radius 2 is 2.25 bits per heavy atom. The Kier molecular flexibility index (Phi) is 3.42. The summed E-state index contributed by atoms with van der Waals surface area (Å²) in [6.07, 6.45) is 1.86. The fourth-order valence-corrected chi connectivity index (χ4v) is 2.69. The van der Waals surface area contributed by atoms with Gasteiger partial charge in [0.25, 0.3) is 0 Å². The Labute approximate surface area is 82.6 Å². The number of hydrogen-bond donors (Lipinski definition) is 0. The van der Waals surface area contributed by atoms with Crippen LogP contribution in [-0.2, 0) is 0 Å². The molecule has 1 rings (SSSR count). The molecule has 3 nitrogen and oxygen atoms in total. The van der Waals surface area contributed by atoms with Gasteiger partial charge in [-0.05, 0) is 17.8 Å². The van der Waals surface area contributed by atoms with Gasteiger partial charge in [0, 0.05) is 11.8 Å². The van der Waals surface area contributed by atoms with Crippen LogP contribution in [0.1, 0.15) is 5.56 Å². The Bertz CT molecular complexity index is 357. The summed E-state index contributed by atoms with van der Waals surface area (Å²) in [5.74, 6) is 0. The lowest BCUT2D eigenvalue weighted by molar-refractivity contribution is 1.24. The van der Waals surface area contributed by atoms with Crippen molar-refractivity contribution in [2.45, 2.75) is 9.24 Å². The smallest absolute Gasteiger partial charge is 0.139 e. The Morgan fingerprint density at radius 1 is 1.50 bits per heavy atom. The van der Waals surface area contributed by atoms with Gasteiger partial charge in [0.1, 0.15) is 26.3 Å². The predicted molar refractivity (Wildman–Crippen MR) is 50.1 cm³/mol. The Hall–Kier alpha value is -0.690. The standard InChI is InChI=1S/C6H3N3S3/c1-10-5-4(2-7)6(11-3-8)12-9-5/h1H3. The van der Waals surface area contributed by atoms with Crippen molar-refractivity contribution in [2.24, 2.45) is 0 Å². The fourth-order valence-electron chi connectivity index (χ4n) is 0.605. The highest BCUT2D eigenvalue weighted by molar-refractivity contribution is 8.05. The molecule has 0 aliphatic carbocycles. The van der Waals surface area contributed by atoms with Gasteiger partial charge in [0.2, 0.25) is 0 Å². The maximum atomic E-state index is 8.73. The van der Waals surface area contributed by atoms with E-state index in [9.17, 15) is 0 Å². The van der Waals surface area contributed by atoms with Crippen LogP contribution in [0.3, 0.4) is 0 Å². The second kappa shape index (κ2) is 4.36. The molecule has 0 saturated carbocycles. The normalized spacial score (nSPS) is 8.92. The molecule has 0 radical (unpaired) electrons. The summed E-state index contributed by atoms with van der Waals surface area (Å²) in [5.41, 5.74) is 0.527. The molecule has 0 fully saturated rings. The van der Waals surface area contributed by atoms with Crippen molar-refractivity contribution in [1.82, 2.24) is 4.37 Å². The minimum atomic E-state index is 0.527. The van der Waals surface area contributed by atoms with Gasteiger partial charge >= 0.3 is 0 Å². The Balaban J connectivity index is 3.09. The number of thioether (sulfide) groups is 2. The van der Waals surface area contributed by atoms with Crippen LogP contribution in [0.15, 0.2) is 9.24 Å². The molecule has 0 aromatic carbocycles. The molecule has 0 N–H and O–H groups in total. The molecule has 0 saturated heterocycles. The number of aromatic nitrogens is 1. The van der Waals surface area contributed by atoms with Crippen LogP contribution in [-0.4, -0.2) is 10.6 Å². The molecule has 0 spiro atoms. The second-order valence-electron chi connectivity index (χ2n) is 1.66. The molecule has 60 valence electrons. The Morgan fingerprint density at radius 3 is 2.75 bits per heavy atom.